The van der Waals surface area contributed by atoms with E-state index in [2.05, 4.69) is 10.6 Å². The van der Waals surface area contributed by atoms with Crippen LogP contribution in [0, 0.1) is 0 Å². The summed E-state index contributed by atoms with van der Waals surface area (Å²) in [6.07, 6.45) is 0. The Morgan fingerprint density at radius 3 is 1.96 bits per heavy atom. The predicted octanol–water partition coefficient (Wildman–Crippen LogP) is 1.78. The first-order chi connectivity index (χ1) is 12.6. The van der Waals surface area contributed by atoms with Crippen molar-refractivity contribution >= 4 is 23.3 Å². The molecule has 0 bridgehead atoms. The molecule has 0 fully saturated rings. The molecular formula is C19H25N5O2. The quantitative estimate of drug-likeness (QED) is 0.606. The molecule has 0 saturated carbocycles. The maximum Gasteiger partial charge on any atom is 0.322 e. The van der Waals surface area contributed by atoms with Crippen LogP contribution < -0.4 is 27.0 Å². The van der Waals surface area contributed by atoms with Gasteiger partial charge in [0, 0.05) is 31.0 Å². The number of benzene rings is 2. The van der Waals surface area contributed by atoms with Gasteiger partial charge in [-0.2, -0.15) is 0 Å². The van der Waals surface area contributed by atoms with Crippen LogP contribution in [0.2, 0.25) is 0 Å². The van der Waals surface area contributed by atoms with E-state index in [1.54, 1.807) is 24.3 Å². The Morgan fingerprint density at radius 2 is 1.46 bits per heavy atom. The summed E-state index contributed by atoms with van der Waals surface area (Å²) < 4.78 is 0. The van der Waals surface area contributed by atoms with Gasteiger partial charge in [-0.15, -0.1) is 0 Å². The highest BCUT2D eigenvalue weighted by molar-refractivity contribution is 6.02. The van der Waals surface area contributed by atoms with Gasteiger partial charge < -0.3 is 22.1 Å². The van der Waals surface area contributed by atoms with Gasteiger partial charge in [0.2, 0.25) is 5.91 Å². The molecule has 0 aliphatic rings. The van der Waals surface area contributed by atoms with Crippen molar-refractivity contribution in [3.8, 4) is 0 Å². The summed E-state index contributed by atoms with van der Waals surface area (Å²) in [6, 6.07) is 14.2. The van der Waals surface area contributed by atoms with Gasteiger partial charge in [-0.1, -0.05) is 24.3 Å². The maximum atomic E-state index is 12.4. The van der Waals surface area contributed by atoms with Crippen molar-refractivity contribution in [1.29, 1.82) is 0 Å². The van der Waals surface area contributed by atoms with Gasteiger partial charge in [0.25, 0.3) is 0 Å². The highest BCUT2D eigenvalue weighted by atomic mass is 16.2. The molecule has 0 aliphatic heterocycles. The Labute approximate surface area is 153 Å². The fourth-order valence-electron chi connectivity index (χ4n) is 2.41. The lowest BCUT2D eigenvalue weighted by molar-refractivity contribution is -0.114. The lowest BCUT2D eigenvalue weighted by Crippen LogP contribution is -2.44. The van der Waals surface area contributed by atoms with Gasteiger partial charge in [-0.05, 0) is 42.3 Å². The third-order valence-corrected chi connectivity index (χ3v) is 3.83. The minimum absolute atomic E-state index is 0.105. The number of carbonyl (C=O) groups excluding carboxylic acids is 2. The Morgan fingerprint density at radius 1 is 0.923 bits per heavy atom. The second-order valence-corrected chi connectivity index (χ2v) is 5.74. The average Bonchev–Trinajstić information content (AvgIpc) is 2.67. The summed E-state index contributed by atoms with van der Waals surface area (Å²) in [6.45, 7) is 3.05. The highest BCUT2D eigenvalue weighted by Gasteiger charge is 2.18. The molecule has 2 aromatic rings. The fourth-order valence-corrected chi connectivity index (χ4v) is 2.41. The molecule has 0 saturated heterocycles. The summed E-state index contributed by atoms with van der Waals surface area (Å²) >= 11 is 0. The smallest absolute Gasteiger partial charge is 0.322 e. The normalized spacial score (nSPS) is 10.3. The SMILES string of the molecule is CCNC(=O)N(CC(=O)Nc1ccc(CN)cc1)c1ccc(CN)cc1. The number of nitrogens with one attached hydrogen (secondary N) is 2. The topological polar surface area (TPSA) is 113 Å². The van der Waals surface area contributed by atoms with Crippen LogP contribution in [0.4, 0.5) is 16.2 Å². The monoisotopic (exact) mass is 355 g/mol. The molecule has 26 heavy (non-hydrogen) atoms. The van der Waals surface area contributed by atoms with E-state index in [0.29, 0.717) is 31.0 Å². The minimum Gasteiger partial charge on any atom is -0.338 e. The predicted molar refractivity (Wildman–Crippen MR) is 104 cm³/mol. The van der Waals surface area contributed by atoms with E-state index >= 15 is 0 Å². The van der Waals surface area contributed by atoms with Gasteiger partial charge in [-0.25, -0.2) is 4.79 Å². The Hall–Kier alpha value is -2.90. The number of hydrogen-bond acceptors (Lipinski definition) is 4. The number of carbonyl (C=O) groups is 2. The summed E-state index contributed by atoms with van der Waals surface area (Å²) in [5.74, 6) is -0.292. The molecule has 0 unspecified atom stereocenters. The third-order valence-electron chi connectivity index (χ3n) is 3.83. The van der Waals surface area contributed by atoms with E-state index in [4.69, 9.17) is 11.5 Å². The van der Waals surface area contributed by atoms with E-state index in [-0.39, 0.29) is 18.5 Å². The highest BCUT2D eigenvalue weighted by Crippen LogP contribution is 2.16. The van der Waals surface area contributed by atoms with Crippen molar-refractivity contribution in [3.63, 3.8) is 0 Å². The summed E-state index contributed by atoms with van der Waals surface area (Å²) in [5, 5.41) is 5.52. The summed E-state index contributed by atoms with van der Waals surface area (Å²) in [4.78, 5) is 26.2. The average molecular weight is 355 g/mol. The van der Waals surface area contributed by atoms with Crippen molar-refractivity contribution in [3.05, 3.63) is 59.7 Å². The lowest BCUT2D eigenvalue weighted by atomic mass is 10.2. The molecule has 0 aliphatic carbocycles. The van der Waals surface area contributed by atoms with Gasteiger partial charge in [0.05, 0.1) is 0 Å². The molecule has 0 heterocycles. The van der Waals surface area contributed by atoms with Crippen molar-refractivity contribution in [2.24, 2.45) is 11.5 Å². The molecule has 0 aromatic heterocycles. The first-order valence-corrected chi connectivity index (χ1v) is 8.50. The molecule has 7 heteroatoms. The minimum atomic E-state index is -0.332. The first kappa shape index (κ1) is 19.4. The number of urea groups is 1. The fraction of sp³-hybridized carbons (Fsp3) is 0.263. The number of rotatable bonds is 7. The van der Waals surface area contributed by atoms with Gasteiger partial charge in [0.1, 0.15) is 6.54 Å². The second-order valence-electron chi connectivity index (χ2n) is 5.74. The van der Waals surface area contributed by atoms with E-state index in [9.17, 15) is 9.59 Å². The third kappa shape index (κ3) is 5.30. The molecule has 2 rings (SSSR count). The van der Waals surface area contributed by atoms with Crippen molar-refractivity contribution in [2.75, 3.05) is 23.3 Å². The molecule has 0 atom stereocenters. The molecule has 7 nitrogen and oxygen atoms in total. The zero-order valence-electron chi connectivity index (χ0n) is 14.9. The largest absolute Gasteiger partial charge is 0.338 e. The Bertz CT molecular complexity index is 729. The van der Waals surface area contributed by atoms with Crippen LogP contribution in [0.5, 0.6) is 0 Å². The van der Waals surface area contributed by atoms with E-state index in [0.717, 1.165) is 11.1 Å². The van der Waals surface area contributed by atoms with E-state index < -0.39 is 0 Å². The zero-order chi connectivity index (χ0) is 18.9. The number of nitrogens with two attached hydrogens (primary N) is 2. The number of hydrogen-bond donors (Lipinski definition) is 4. The second kappa shape index (κ2) is 9.55. The standard InChI is InChI=1S/C19H25N5O2/c1-2-22-19(26)24(17-9-5-15(12-21)6-10-17)13-18(25)23-16-7-3-14(11-20)4-8-16/h3-10H,2,11-13,20-21H2,1H3,(H,22,26)(H,23,25). The van der Waals surface area contributed by atoms with Crippen LogP contribution in [0.25, 0.3) is 0 Å². The Kier molecular flexibility index (Phi) is 7.13. The summed E-state index contributed by atoms with van der Waals surface area (Å²) in [5.41, 5.74) is 14.4. The molecule has 3 amide bonds. The van der Waals surface area contributed by atoms with Crippen LogP contribution in [-0.2, 0) is 17.9 Å². The van der Waals surface area contributed by atoms with E-state index in [1.807, 2.05) is 31.2 Å². The van der Waals surface area contributed by atoms with Crippen LogP contribution >= 0.6 is 0 Å². The number of amides is 3. The molecule has 0 radical (unpaired) electrons. The van der Waals surface area contributed by atoms with Crippen molar-refractivity contribution < 1.29 is 9.59 Å². The molecular weight excluding hydrogens is 330 g/mol. The number of nitrogens with zero attached hydrogens (tertiary/aromatic N) is 1. The van der Waals surface area contributed by atoms with Crippen molar-refractivity contribution in [2.45, 2.75) is 20.0 Å². The number of anilines is 2. The first-order valence-electron chi connectivity index (χ1n) is 8.50. The molecule has 138 valence electrons. The summed E-state index contributed by atoms with van der Waals surface area (Å²) in [7, 11) is 0. The van der Waals surface area contributed by atoms with E-state index in [1.165, 1.54) is 4.90 Å². The van der Waals surface area contributed by atoms with Crippen LogP contribution in [-0.4, -0.2) is 25.0 Å². The zero-order valence-corrected chi connectivity index (χ0v) is 14.9. The molecule has 6 N–H and O–H groups in total. The maximum absolute atomic E-state index is 12.4. The van der Waals surface area contributed by atoms with Gasteiger partial charge >= 0.3 is 6.03 Å². The van der Waals surface area contributed by atoms with Gasteiger partial charge in [-0.3, -0.25) is 9.69 Å². The van der Waals surface area contributed by atoms with Crippen LogP contribution in [0.15, 0.2) is 48.5 Å². The van der Waals surface area contributed by atoms with Crippen molar-refractivity contribution in [1.82, 2.24) is 5.32 Å². The molecule has 2 aromatic carbocycles. The van der Waals surface area contributed by atoms with Crippen LogP contribution in [0.3, 0.4) is 0 Å². The molecule has 0 spiro atoms. The van der Waals surface area contributed by atoms with Gasteiger partial charge in [0.15, 0.2) is 0 Å². The van der Waals surface area contributed by atoms with Crippen LogP contribution in [0.1, 0.15) is 18.1 Å². The Balaban J connectivity index is 2.11. The lowest BCUT2D eigenvalue weighted by Gasteiger charge is -2.22.